The third kappa shape index (κ3) is 8.26. The van der Waals surface area contributed by atoms with Gasteiger partial charge in [-0.3, -0.25) is 0 Å². The minimum Gasteiger partial charge on any atom is -0.316 e. The van der Waals surface area contributed by atoms with Gasteiger partial charge in [0.05, 0.1) is 0 Å². The molecular formula is C18H40N2. The maximum absolute atomic E-state index is 3.66. The van der Waals surface area contributed by atoms with E-state index in [1.807, 2.05) is 0 Å². The van der Waals surface area contributed by atoms with Crippen LogP contribution in [-0.2, 0) is 0 Å². The molecule has 1 atom stereocenters. The van der Waals surface area contributed by atoms with Crippen LogP contribution < -0.4 is 5.32 Å². The normalized spacial score (nSPS) is 15.3. The second kappa shape index (κ2) is 10.6. The first kappa shape index (κ1) is 19.9. The van der Waals surface area contributed by atoms with Gasteiger partial charge in [0, 0.05) is 19.6 Å². The van der Waals surface area contributed by atoms with Crippen LogP contribution in [0.2, 0.25) is 0 Å². The molecule has 122 valence electrons. The van der Waals surface area contributed by atoms with Gasteiger partial charge in [-0.05, 0) is 36.8 Å². The average molecular weight is 285 g/mol. The smallest absolute Gasteiger partial charge is 0.00474 e. The lowest BCUT2D eigenvalue weighted by Gasteiger charge is -2.36. The maximum Gasteiger partial charge on any atom is 0.00474 e. The molecule has 1 N–H and O–H groups in total. The lowest BCUT2D eigenvalue weighted by molar-refractivity contribution is 0.139. The molecule has 2 nitrogen and oxygen atoms in total. The van der Waals surface area contributed by atoms with Crippen LogP contribution in [0.4, 0.5) is 0 Å². The number of nitrogens with one attached hydrogen (secondary N) is 1. The van der Waals surface area contributed by atoms with E-state index in [4.69, 9.17) is 0 Å². The van der Waals surface area contributed by atoms with Crippen molar-refractivity contribution in [3.8, 4) is 0 Å². The molecule has 0 saturated heterocycles. The van der Waals surface area contributed by atoms with Crippen LogP contribution in [0.1, 0.15) is 67.7 Å². The summed E-state index contributed by atoms with van der Waals surface area (Å²) in [4.78, 5) is 2.66. The summed E-state index contributed by atoms with van der Waals surface area (Å²) in [7, 11) is 0. The fourth-order valence-electron chi connectivity index (χ4n) is 2.71. The highest BCUT2D eigenvalue weighted by atomic mass is 15.1. The van der Waals surface area contributed by atoms with E-state index in [2.05, 4.69) is 58.7 Å². The van der Waals surface area contributed by atoms with E-state index in [0.29, 0.717) is 5.41 Å². The Labute approximate surface area is 128 Å². The zero-order valence-electron chi connectivity index (χ0n) is 15.3. The molecule has 0 rings (SSSR count). The van der Waals surface area contributed by atoms with E-state index in [1.165, 1.54) is 38.9 Å². The molecule has 0 saturated carbocycles. The highest BCUT2D eigenvalue weighted by molar-refractivity contribution is 4.80. The summed E-state index contributed by atoms with van der Waals surface area (Å²) < 4.78 is 0. The zero-order valence-corrected chi connectivity index (χ0v) is 15.3. The van der Waals surface area contributed by atoms with Crippen LogP contribution in [0.15, 0.2) is 0 Å². The Morgan fingerprint density at radius 2 is 1.65 bits per heavy atom. The Hall–Kier alpha value is -0.0800. The first-order valence-corrected chi connectivity index (χ1v) is 8.83. The van der Waals surface area contributed by atoms with Gasteiger partial charge in [-0.15, -0.1) is 0 Å². The van der Waals surface area contributed by atoms with Gasteiger partial charge in [0.2, 0.25) is 0 Å². The molecule has 1 unspecified atom stereocenters. The summed E-state index contributed by atoms with van der Waals surface area (Å²) in [6, 6.07) is 0. The lowest BCUT2D eigenvalue weighted by atomic mass is 9.86. The Bertz CT molecular complexity index is 223. The van der Waals surface area contributed by atoms with Crippen molar-refractivity contribution < 1.29 is 0 Å². The molecule has 0 amide bonds. The second-order valence-corrected chi connectivity index (χ2v) is 7.20. The molecule has 0 bridgehead atoms. The van der Waals surface area contributed by atoms with Crippen molar-refractivity contribution in [3.63, 3.8) is 0 Å². The van der Waals surface area contributed by atoms with Gasteiger partial charge in [0.1, 0.15) is 0 Å². The van der Waals surface area contributed by atoms with Crippen LogP contribution >= 0.6 is 0 Å². The summed E-state index contributed by atoms with van der Waals surface area (Å²) in [6.07, 6.45) is 3.86. The van der Waals surface area contributed by atoms with Crippen LogP contribution in [-0.4, -0.2) is 37.6 Å². The van der Waals surface area contributed by atoms with Gasteiger partial charge in [-0.1, -0.05) is 61.3 Å². The zero-order chi connectivity index (χ0) is 15.6. The standard InChI is InChI=1S/C18H40N2/c1-8-17(9-2)13-20(11-4)15-18(7,10-3)14-19-12-16(5)6/h16-17,19H,8-15H2,1-7H3. The van der Waals surface area contributed by atoms with E-state index in [9.17, 15) is 0 Å². The van der Waals surface area contributed by atoms with Gasteiger partial charge in [0.15, 0.2) is 0 Å². The van der Waals surface area contributed by atoms with E-state index in [1.54, 1.807) is 0 Å². The molecule has 0 radical (unpaired) electrons. The monoisotopic (exact) mass is 284 g/mol. The van der Waals surface area contributed by atoms with E-state index < -0.39 is 0 Å². The molecule has 0 aliphatic heterocycles. The fourth-order valence-corrected chi connectivity index (χ4v) is 2.71. The predicted molar refractivity (Wildman–Crippen MR) is 92.3 cm³/mol. The first-order valence-electron chi connectivity index (χ1n) is 8.83. The minimum atomic E-state index is 0.400. The summed E-state index contributed by atoms with van der Waals surface area (Å²) in [5, 5.41) is 3.66. The molecule has 0 fully saturated rings. The highest BCUT2D eigenvalue weighted by Gasteiger charge is 2.25. The van der Waals surface area contributed by atoms with E-state index in [0.717, 1.165) is 24.9 Å². The van der Waals surface area contributed by atoms with E-state index in [-0.39, 0.29) is 0 Å². The van der Waals surface area contributed by atoms with Gasteiger partial charge in [-0.2, -0.15) is 0 Å². The van der Waals surface area contributed by atoms with Crippen LogP contribution in [0.3, 0.4) is 0 Å². The fraction of sp³-hybridized carbons (Fsp3) is 1.00. The third-order valence-electron chi connectivity index (χ3n) is 4.68. The molecule has 0 heterocycles. The number of nitrogens with zero attached hydrogens (tertiary/aromatic N) is 1. The largest absolute Gasteiger partial charge is 0.316 e. The molecule has 0 aliphatic rings. The minimum absolute atomic E-state index is 0.400. The molecule has 20 heavy (non-hydrogen) atoms. The molecule has 0 aromatic heterocycles. The van der Waals surface area contributed by atoms with Crippen molar-refractivity contribution in [2.75, 3.05) is 32.7 Å². The molecule has 0 aromatic rings. The molecule has 0 spiro atoms. The highest BCUT2D eigenvalue weighted by Crippen LogP contribution is 2.23. The Balaban J connectivity index is 4.39. The van der Waals surface area contributed by atoms with Gasteiger partial charge < -0.3 is 10.2 Å². The van der Waals surface area contributed by atoms with Crippen molar-refractivity contribution in [1.82, 2.24) is 10.2 Å². The summed E-state index contributed by atoms with van der Waals surface area (Å²) in [5.74, 6) is 1.60. The van der Waals surface area contributed by atoms with Crippen LogP contribution in [0, 0.1) is 17.3 Å². The van der Waals surface area contributed by atoms with Crippen molar-refractivity contribution in [3.05, 3.63) is 0 Å². The SMILES string of the molecule is CCC(CC)CN(CC)CC(C)(CC)CNCC(C)C. The van der Waals surface area contributed by atoms with Crippen molar-refractivity contribution in [2.24, 2.45) is 17.3 Å². The average Bonchev–Trinajstić information content (AvgIpc) is 2.43. The first-order chi connectivity index (χ1) is 9.40. The molecular weight excluding hydrogens is 244 g/mol. The second-order valence-electron chi connectivity index (χ2n) is 7.20. The number of hydrogen-bond donors (Lipinski definition) is 1. The molecule has 2 heteroatoms. The molecule has 0 aromatic carbocycles. The van der Waals surface area contributed by atoms with Gasteiger partial charge in [-0.25, -0.2) is 0 Å². The number of hydrogen-bond acceptors (Lipinski definition) is 2. The Morgan fingerprint density at radius 1 is 1.05 bits per heavy atom. The van der Waals surface area contributed by atoms with Gasteiger partial charge >= 0.3 is 0 Å². The summed E-state index contributed by atoms with van der Waals surface area (Å²) >= 11 is 0. The maximum atomic E-state index is 3.66. The lowest BCUT2D eigenvalue weighted by Crippen LogP contribution is -2.44. The predicted octanol–water partition coefficient (Wildman–Crippen LogP) is 4.41. The Morgan fingerprint density at radius 3 is 2.05 bits per heavy atom. The Kier molecular flexibility index (Phi) is 10.6. The van der Waals surface area contributed by atoms with Crippen molar-refractivity contribution >= 4 is 0 Å². The summed E-state index contributed by atoms with van der Waals surface area (Å²) in [6.45, 7) is 22.2. The quantitative estimate of drug-likeness (QED) is 0.571. The van der Waals surface area contributed by atoms with Crippen molar-refractivity contribution in [2.45, 2.75) is 67.7 Å². The molecule has 0 aliphatic carbocycles. The van der Waals surface area contributed by atoms with Gasteiger partial charge in [0.25, 0.3) is 0 Å². The third-order valence-corrected chi connectivity index (χ3v) is 4.68. The van der Waals surface area contributed by atoms with Crippen molar-refractivity contribution in [1.29, 1.82) is 0 Å². The van der Waals surface area contributed by atoms with E-state index >= 15 is 0 Å². The number of rotatable bonds is 12. The van der Waals surface area contributed by atoms with Crippen LogP contribution in [0.25, 0.3) is 0 Å². The summed E-state index contributed by atoms with van der Waals surface area (Å²) in [5.41, 5.74) is 0.400. The van der Waals surface area contributed by atoms with Crippen LogP contribution in [0.5, 0.6) is 0 Å². The topological polar surface area (TPSA) is 15.3 Å².